The minimum Gasteiger partial charge on any atom is -0.0850 e. The molecular formula is C13H22. The first-order valence-electron chi connectivity index (χ1n) is 5.76. The molecule has 3 unspecified atom stereocenters. The van der Waals surface area contributed by atoms with Crippen molar-refractivity contribution in [3.8, 4) is 0 Å². The van der Waals surface area contributed by atoms with Gasteiger partial charge in [-0.15, -0.1) is 0 Å². The molecule has 13 heavy (non-hydrogen) atoms. The van der Waals surface area contributed by atoms with Gasteiger partial charge in [-0.1, -0.05) is 31.9 Å². The van der Waals surface area contributed by atoms with Crippen LogP contribution in [0.1, 0.15) is 52.9 Å². The Morgan fingerprint density at radius 2 is 2.23 bits per heavy atom. The van der Waals surface area contributed by atoms with Gasteiger partial charge in [0.15, 0.2) is 0 Å². The Morgan fingerprint density at radius 1 is 1.46 bits per heavy atom. The number of hydrogen-bond acceptors (Lipinski definition) is 0. The summed E-state index contributed by atoms with van der Waals surface area (Å²) in [6.45, 7) is 7.23. The molecule has 0 aromatic rings. The number of rotatable bonds is 0. The van der Waals surface area contributed by atoms with Gasteiger partial charge in [-0.3, -0.25) is 0 Å². The van der Waals surface area contributed by atoms with Crippen molar-refractivity contribution in [3.05, 3.63) is 11.6 Å². The zero-order valence-electron chi connectivity index (χ0n) is 9.27. The highest BCUT2D eigenvalue weighted by Gasteiger charge is 2.39. The van der Waals surface area contributed by atoms with Gasteiger partial charge in [0, 0.05) is 0 Å². The van der Waals surface area contributed by atoms with Gasteiger partial charge >= 0.3 is 0 Å². The van der Waals surface area contributed by atoms with E-state index in [0.29, 0.717) is 5.41 Å². The third-order valence-electron chi connectivity index (χ3n) is 4.37. The van der Waals surface area contributed by atoms with E-state index < -0.39 is 0 Å². The van der Waals surface area contributed by atoms with Gasteiger partial charge in [-0.05, 0) is 49.9 Å². The third-order valence-corrected chi connectivity index (χ3v) is 4.37. The third kappa shape index (κ3) is 1.68. The van der Waals surface area contributed by atoms with Crippen LogP contribution in [-0.4, -0.2) is 0 Å². The second kappa shape index (κ2) is 3.15. The summed E-state index contributed by atoms with van der Waals surface area (Å²) in [6.07, 6.45) is 9.59. The molecule has 0 N–H and O–H groups in total. The Kier molecular flexibility index (Phi) is 2.25. The lowest BCUT2D eigenvalue weighted by Gasteiger charge is -2.46. The van der Waals surface area contributed by atoms with E-state index in [9.17, 15) is 0 Å². The zero-order valence-corrected chi connectivity index (χ0v) is 9.27. The molecule has 74 valence electrons. The monoisotopic (exact) mass is 178 g/mol. The first-order chi connectivity index (χ1) is 6.10. The molecule has 3 atom stereocenters. The fourth-order valence-electron chi connectivity index (χ4n) is 3.15. The summed E-state index contributed by atoms with van der Waals surface area (Å²) >= 11 is 0. The van der Waals surface area contributed by atoms with Crippen molar-refractivity contribution in [2.75, 3.05) is 0 Å². The van der Waals surface area contributed by atoms with Crippen molar-refractivity contribution in [1.29, 1.82) is 0 Å². The number of fused-ring (bicyclic) bond motifs is 1. The van der Waals surface area contributed by atoms with E-state index in [-0.39, 0.29) is 0 Å². The summed E-state index contributed by atoms with van der Waals surface area (Å²) in [5.41, 5.74) is 2.29. The van der Waals surface area contributed by atoms with E-state index in [1.165, 1.54) is 32.1 Å². The van der Waals surface area contributed by atoms with E-state index in [2.05, 4.69) is 26.8 Å². The zero-order chi connectivity index (χ0) is 9.47. The standard InChI is InChI=1S/C13H22/c1-10-4-6-13(3)7-5-11(2)9-12(13)8-10/h4,11-12H,5-9H2,1-3H3. The molecule has 0 amide bonds. The van der Waals surface area contributed by atoms with Gasteiger partial charge < -0.3 is 0 Å². The van der Waals surface area contributed by atoms with Crippen LogP contribution >= 0.6 is 0 Å². The maximum absolute atomic E-state index is 2.51. The Balaban J connectivity index is 2.15. The Morgan fingerprint density at radius 3 is 3.00 bits per heavy atom. The van der Waals surface area contributed by atoms with Crippen molar-refractivity contribution < 1.29 is 0 Å². The molecule has 0 heterocycles. The van der Waals surface area contributed by atoms with Crippen molar-refractivity contribution >= 4 is 0 Å². The summed E-state index contributed by atoms with van der Waals surface area (Å²) in [6, 6.07) is 0. The van der Waals surface area contributed by atoms with E-state index in [1.807, 2.05) is 0 Å². The van der Waals surface area contributed by atoms with E-state index >= 15 is 0 Å². The molecule has 0 aliphatic heterocycles. The average Bonchev–Trinajstić information content (AvgIpc) is 2.08. The highest BCUT2D eigenvalue weighted by Crippen LogP contribution is 2.50. The van der Waals surface area contributed by atoms with Crippen LogP contribution < -0.4 is 0 Å². The first-order valence-corrected chi connectivity index (χ1v) is 5.76. The summed E-state index contributed by atoms with van der Waals surface area (Å²) in [5.74, 6) is 1.96. The molecule has 0 radical (unpaired) electrons. The van der Waals surface area contributed by atoms with Crippen molar-refractivity contribution in [2.24, 2.45) is 17.3 Å². The van der Waals surface area contributed by atoms with E-state index in [1.54, 1.807) is 5.57 Å². The Hall–Kier alpha value is -0.260. The van der Waals surface area contributed by atoms with Crippen LogP contribution in [0.25, 0.3) is 0 Å². The van der Waals surface area contributed by atoms with Gasteiger partial charge in [0.1, 0.15) is 0 Å². The van der Waals surface area contributed by atoms with Crippen molar-refractivity contribution in [1.82, 2.24) is 0 Å². The summed E-state index contributed by atoms with van der Waals surface area (Å²) in [4.78, 5) is 0. The summed E-state index contributed by atoms with van der Waals surface area (Å²) in [5, 5.41) is 0. The molecule has 0 aromatic heterocycles. The topological polar surface area (TPSA) is 0 Å². The van der Waals surface area contributed by atoms with Gasteiger partial charge in [-0.25, -0.2) is 0 Å². The smallest absolute Gasteiger partial charge is 0.0260 e. The molecule has 1 fully saturated rings. The van der Waals surface area contributed by atoms with Crippen LogP contribution in [0.5, 0.6) is 0 Å². The van der Waals surface area contributed by atoms with Gasteiger partial charge in [0.2, 0.25) is 0 Å². The molecule has 1 saturated carbocycles. The fraction of sp³-hybridized carbons (Fsp3) is 0.846. The Labute approximate surface area is 82.4 Å². The molecule has 2 aliphatic rings. The molecular weight excluding hydrogens is 156 g/mol. The fourth-order valence-corrected chi connectivity index (χ4v) is 3.15. The predicted octanol–water partition coefficient (Wildman–Crippen LogP) is 4.17. The average molecular weight is 178 g/mol. The van der Waals surface area contributed by atoms with Crippen LogP contribution in [-0.2, 0) is 0 Å². The van der Waals surface area contributed by atoms with E-state index in [4.69, 9.17) is 0 Å². The summed E-state index contributed by atoms with van der Waals surface area (Å²) < 4.78 is 0. The maximum Gasteiger partial charge on any atom is -0.0260 e. The molecule has 0 heteroatoms. The van der Waals surface area contributed by atoms with Crippen molar-refractivity contribution in [2.45, 2.75) is 52.9 Å². The van der Waals surface area contributed by atoms with Crippen LogP contribution in [0, 0.1) is 17.3 Å². The van der Waals surface area contributed by atoms with Gasteiger partial charge in [-0.2, -0.15) is 0 Å². The van der Waals surface area contributed by atoms with Crippen LogP contribution in [0.2, 0.25) is 0 Å². The second-order valence-electron chi connectivity index (χ2n) is 5.69. The normalized spacial score (nSPS) is 45.3. The second-order valence-corrected chi connectivity index (χ2v) is 5.69. The highest BCUT2D eigenvalue weighted by molar-refractivity contribution is 5.10. The lowest BCUT2D eigenvalue weighted by molar-refractivity contribution is 0.0801. The molecule has 0 saturated heterocycles. The lowest BCUT2D eigenvalue weighted by atomic mass is 9.59. The molecule has 0 aromatic carbocycles. The van der Waals surface area contributed by atoms with Crippen LogP contribution in [0.4, 0.5) is 0 Å². The minimum atomic E-state index is 0.659. The van der Waals surface area contributed by atoms with Gasteiger partial charge in [0.05, 0.1) is 0 Å². The maximum atomic E-state index is 2.51. The van der Waals surface area contributed by atoms with Crippen molar-refractivity contribution in [3.63, 3.8) is 0 Å². The Bertz CT molecular complexity index is 226. The van der Waals surface area contributed by atoms with Crippen LogP contribution in [0.15, 0.2) is 11.6 Å². The molecule has 0 spiro atoms. The summed E-state index contributed by atoms with van der Waals surface area (Å²) in [7, 11) is 0. The molecule has 2 aliphatic carbocycles. The minimum absolute atomic E-state index is 0.659. The number of allylic oxidation sites excluding steroid dienone is 2. The molecule has 0 bridgehead atoms. The largest absolute Gasteiger partial charge is 0.0850 e. The lowest BCUT2D eigenvalue weighted by Crippen LogP contribution is -2.35. The van der Waals surface area contributed by atoms with Gasteiger partial charge in [0.25, 0.3) is 0 Å². The number of hydrogen-bond donors (Lipinski definition) is 0. The van der Waals surface area contributed by atoms with Crippen LogP contribution in [0.3, 0.4) is 0 Å². The SMILES string of the molecule is CC1=CCC2(C)CCC(C)CC2C1. The first kappa shape index (κ1) is 9.30. The highest BCUT2D eigenvalue weighted by atomic mass is 14.4. The molecule has 0 nitrogen and oxygen atoms in total. The predicted molar refractivity (Wildman–Crippen MR) is 57.6 cm³/mol. The quantitative estimate of drug-likeness (QED) is 0.488. The van der Waals surface area contributed by atoms with E-state index in [0.717, 1.165) is 11.8 Å². The molecule has 2 rings (SSSR count).